The third-order valence-electron chi connectivity index (χ3n) is 5.53. The Morgan fingerprint density at radius 3 is 2.30 bits per heavy atom. The lowest BCUT2D eigenvalue weighted by atomic mass is 9.86. The summed E-state index contributed by atoms with van der Waals surface area (Å²) < 4.78 is 11.1. The summed E-state index contributed by atoms with van der Waals surface area (Å²) in [5, 5.41) is 3.06. The molecule has 1 saturated heterocycles. The average molecular weight is 411 g/mol. The molecule has 1 heterocycles. The number of carbonyl (C=O) groups excluding carboxylic acids is 1. The Morgan fingerprint density at radius 1 is 1.07 bits per heavy atom. The number of nitrogens with zero attached hydrogens (tertiary/aromatic N) is 1. The van der Waals surface area contributed by atoms with E-state index in [2.05, 4.69) is 55.3 Å². The molecule has 5 heteroatoms. The Kier molecular flexibility index (Phi) is 7.51. The van der Waals surface area contributed by atoms with Crippen molar-refractivity contribution in [3.8, 4) is 5.75 Å². The number of ether oxygens (including phenoxy) is 2. The van der Waals surface area contributed by atoms with Gasteiger partial charge in [0.2, 0.25) is 0 Å². The van der Waals surface area contributed by atoms with E-state index in [1.807, 2.05) is 31.2 Å². The van der Waals surface area contributed by atoms with Crippen molar-refractivity contribution >= 4 is 5.91 Å². The van der Waals surface area contributed by atoms with E-state index < -0.39 is 0 Å². The zero-order valence-electron chi connectivity index (χ0n) is 18.6. The second-order valence-electron chi connectivity index (χ2n) is 8.94. The fourth-order valence-corrected chi connectivity index (χ4v) is 3.60. The van der Waals surface area contributed by atoms with Crippen LogP contribution < -0.4 is 10.1 Å². The highest BCUT2D eigenvalue weighted by molar-refractivity contribution is 5.77. The summed E-state index contributed by atoms with van der Waals surface area (Å²) in [5.41, 5.74) is 3.80. The number of carbonyl (C=O) groups is 1. The molecule has 2 aromatic carbocycles. The lowest BCUT2D eigenvalue weighted by Crippen LogP contribution is -2.44. The molecule has 1 N–H and O–H groups in total. The zero-order chi connectivity index (χ0) is 21.6. The summed E-state index contributed by atoms with van der Waals surface area (Å²) in [7, 11) is 0. The van der Waals surface area contributed by atoms with Crippen LogP contribution >= 0.6 is 0 Å². The van der Waals surface area contributed by atoms with Crippen LogP contribution in [0.3, 0.4) is 0 Å². The normalized spacial score (nSPS) is 16.1. The highest BCUT2D eigenvalue weighted by Gasteiger charge is 2.24. The van der Waals surface area contributed by atoms with Gasteiger partial charge in [0, 0.05) is 19.6 Å². The molecule has 0 radical (unpaired) electrons. The van der Waals surface area contributed by atoms with E-state index in [1.54, 1.807) is 0 Å². The number of morpholine rings is 1. The Balaban J connectivity index is 1.62. The van der Waals surface area contributed by atoms with Crippen LogP contribution in [0, 0.1) is 6.92 Å². The first-order chi connectivity index (χ1) is 14.3. The van der Waals surface area contributed by atoms with Gasteiger partial charge in [-0.2, -0.15) is 0 Å². The summed E-state index contributed by atoms with van der Waals surface area (Å²) in [6, 6.07) is 16.6. The van der Waals surface area contributed by atoms with Gasteiger partial charge in [-0.3, -0.25) is 9.69 Å². The maximum atomic E-state index is 12.4. The van der Waals surface area contributed by atoms with E-state index in [0.717, 1.165) is 31.9 Å². The molecular formula is C25H34N2O3. The highest BCUT2D eigenvalue weighted by Crippen LogP contribution is 2.26. The molecule has 30 heavy (non-hydrogen) atoms. The molecular weight excluding hydrogens is 376 g/mol. The Labute approximate surface area is 180 Å². The molecule has 0 aromatic heterocycles. The van der Waals surface area contributed by atoms with Crippen molar-refractivity contribution in [3.05, 3.63) is 65.2 Å². The van der Waals surface area contributed by atoms with Gasteiger partial charge < -0.3 is 14.8 Å². The van der Waals surface area contributed by atoms with Crippen molar-refractivity contribution in [1.82, 2.24) is 10.2 Å². The molecule has 0 bridgehead atoms. The van der Waals surface area contributed by atoms with Crippen LogP contribution in [0.2, 0.25) is 0 Å². The van der Waals surface area contributed by atoms with Crippen LogP contribution in [0.15, 0.2) is 48.5 Å². The van der Waals surface area contributed by atoms with Crippen LogP contribution in [0.1, 0.15) is 43.5 Å². The fourth-order valence-electron chi connectivity index (χ4n) is 3.60. The van der Waals surface area contributed by atoms with Crippen molar-refractivity contribution in [2.75, 3.05) is 39.5 Å². The van der Waals surface area contributed by atoms with Gasteiger partial charge in [-0.15, -0.1) is 0 Å². The molecule has 0 spiro atoms. The zero-order valence-corrected chi connectivity index (χ0v) is 18.6. The summed E-state index contributed by atoms with van der Waals surface area (Å²) in [4.78, 5) is 14.8. The van der Waals surface area contributed by atoms with E-state index in [-0.39, 0.29) is 24.0 Å². The molecule has 3 rings (SSSR count). The lowest BCUT2D eigenvalue weighted by Gasteiger charge is -2.35. The van der Waals surface area contributed by atoms with E-state index in [9.17, 15) is 4.79 Å². The van der Waals surface area contributed by atoms with E-state index in [4.69, 9.17) is 9.47 Å². The number of benzene rings is 2. The molecule has 1 atom stereocenters. The third-order valence-corrected chi connectivity index (χ3v) is 5.53. The minimum absolute atomic E-state index is 0.0157. The first-order valence-corrected chi connectivity index (χ1v) is 10.7. The van der Waals surface area contributed by atoms with E-state index in [0.29, 0.717) is 12.3 Å². The third kappa shape index (κ3) is 6.31. The lowest BCUT2D eigenvalue weighted by molar-refractivity contribution is -0.123. The van der Waals surface area contributed by atoms with Crippen molar-refractivity contribution in [2.24, 2.45) is 0 Å². The molecule has 1 unspecified atom stereocenters. The van der Waals surface area contributed by atoms with E-state index >= 15 is 0 Å². The van der Waals surface area contributed by atoms with Gasteiger partial charge in [0.25, 0.3) is 5.91 Å². The number of aryl methyl sites for hydroxylation is 1. The standard InChI is InChI=1S/C25H34N2O3/c1-19-5-11-22(12-6-19)30-18-24(28)26-17-23(27-13-15-29-16-14-27)20-7-9-21(10-8-20)25(2,3)4/h5-12,23H,13-18H2,1-4H3,(H,26,28). The molecule has 1 fully saturated rings. The monoisotopic (exact) mass is 410 g/mol. The first-order valence-electron chi connectivity index (χ1n) is 10.7. The predicted molar refractivity (Wildman–Crippen MR) is 120 cm³/mol. The maximum Gasteiger partial charge on any atom is 0.258 e. The van der Waals surface area contributed by atoms with E-state index in [1.165, 1.54) is 11.1 Å². The van der Waals surface area contributed by atoms with Gasteiger partial charge in [-0.05, 0) is 35.6 Å². The van der Waals surface area contributed by atoms with Crippen LogP contribution in [0.4, 0.5) is 0 Å². The van der Waals surface area contributed by atoms with Crippen molar-refractivity contribution in [2.45, 2.75) is 39.2 Å². The predicted octanol–water partition coefficient (Wildman–Crippen LogP) is 3.86. The van der Waals surface area contributed by atoms with Crippen LogP contribution in [-0.4, -0.2) is 50.3 Å². The number of rotatable bonds is 7. The summed E-state index contributed by atoms with van der Waals surface area (Å²) in [5.74, 6) is 0.596. The molecule has 5 nitrogen and oxygen atoms in total. The van der Waals surface area contributed by atoms with Gasteiger partial charge in [-0.25, -0.2) is 0 Å². The van der Waals surface area contributed by atoms with Crippen LogP contribution in [0.25, 0.3) is 0 Å². The van der Waals surface area contributed by atoms with Gasteiger partial charge in [0.05, 0.1) is 19.3 Å². The van der Waals surface area contributed by atoms with Gasteiger partial charge >= 0.3 is 0 Å². The topological polar surface area (TPSA) is 50.8 Å². The van der Waals surface area contributed by atoms with Crippen molar-refractivity contribution in [1.29, 1.82) is 0 Å². The molecule has 1 amide bonds. The molecule has 0 aliphatic carbocycles. The average Bonchev–Trinajstić information content (AvgIpc) is 2.74. The molecule has 2 aromatic rings. The van der Waals surface area contributed by atoms with Crippen molar-refractivity contribution < 1.29 is 14.3 Å². The quantitative estimate of drug-likeness (QED) is 0.753. The number of hydrogen-bond acceptors (Lipinski definition) is 4. The Hall–Kier alpha value is -2.37. The largest absolute Gasteiger partial charge is 0.484 e. The maximum absolute atomic E-state index is 12.4. The summed E-state index contributed by atoms with van der Waals surface area (Å²) in [6.07, 6.45) is 0. The van der Waals surface area contributed by atoms with Gasteiger partial charge in [0.1, 0.15) is 5.75 Å². The Bertz CT molecular complexity index is 804. The second kappa shape index (κ2) is 10.1. The minimum atomic E-state index is -0.111. The highest BCUT2D eigenvalue weighted by atomic mass is 16.5. The van der Waals surface area contributed by atoms with Crippen molar-refractivity contribution in [3.63, 3.8) is 0 Å². The number of hydrogen-bond donors (Lipinski definition) is 1. The van der Waals surface area contributed by atoms with Crippen LogP contribution in [-0.2, 0) is 14.9 Å². The first kappa shape index (κ1) is 22.3. The molecule has 162 valence electrons. The van der Waals surface area contributed by atoms with Gasteiger partial charge in [-0.1, -0.05) is 62.7 Å². The smallest absolute Gasteiger partial charge is 0.258 e. The van der Waals surface area contributed by atoms with Gasteiger partial charge in [0.15, 0.2) is 6.61 Å². The molecule has 1 aliphatic heterocycles. The summed E-state index contributed by atoms with van der Waals surface area (Å²) in [6.45, 7) is 12.4. The number of nitrogens with one attached hydrogen (secondary N) is 1. The molecule has 0 saturated carbocycles. The summed E-state index contributed by atoms with van der Waals surface area (Å²) >= 11 is 0. The second-order valence-corrected chi connectivity index (χ2v) is 8.94. The van der Waals surface area contributed by atoms with Crippen LogP contribution in [0.5, 0.6) is 5.75 Å². The fraction of sp³-hybridized carbons (Fsp3) is 0.480. The number of amides is 1. The SMILES string of the molecule is Cc1ccc(OCC(=O)NCC(c2ccc(C(C)(C)C)cc2)N2CCOCC2)cc1. The Morgan fingerprint density at radius 2 is 1.70 bits per heavy atom. The minimum Gasteiger partial charge on any atom is -0.484 e. The molecule has 1 aliphatic rings.